The zero-order valence-electron chi connectivity index (χ0n) is 19.7. The molecule has 1 fully saturated rings. The van der Waals surface area contributed by atoms with Gasteiger partial charge in [0.05, 0.1) is 0 Å². The molecule has 0 radical (unpaired) electrons. The lowest BCUT2D eigenvalue weighted by Gasteiger charge is -2.45. The molecule has 0 spiro atoms. The lowest BCUT2D eigenvalue weighted by atomic mass is 9.90. The number of nitrogens with zero attached hydrogens (tertiary/aromatic N) is 2. The summed E-state index contributed by atoms with van der Waals surface area (Å²) in [6.45, 7) is 5.04. The Morgan fingerprint density at radius 2 is 1.25 bits per heavy atom. The molecule has 3 aromatic carbocycles. The van der Waals surface area contributed by atoms with Crippen LogP contribution >= 0.6 is 63.7 Å². The molecule has 36 heavy (non-hydrogen) atoms. The first-order valence-corrected chi connectivity index (χ1v) is 15.2. The minimum Gasteiger partial charge on any atom is -0.350 e. The summed E-state index contributed by atoms with van der Waals surface area (Å²) in [7, 11) is 0. The van der Waals surface area contributed by atoms with Crippen LogP contribution in [-0.2, 0) is 30.7 Å². The van der Waals surface area contributed by atoms with E-state index in [9.17, 15) is 4.79 Å². The number of hydrogen-bond acceptors (Lipinski definition) is 3. The number of hydrogen-bond donors (Lipinski definition) is 1. The summed E-state index contributed by atoms with van der Waals surface area (Å²) >= 11 is 14.3. The average molecular weight is 741 g/mol. The maximum atomic E-state index is 13.9. The Balaban J connectivity index is 1.31. The van der Waals surface area contributed by atoms with Gasteiger partial charge in [0.2, 0.25) is 5.91 Å². The zero-order chi connectivity index (χ0) is 25.3. The number of piperazine rings is 1. The maximum Gasteiger partial charge on any atom is 0.241 e. The third-order valence-corrected chi connectivity index (χ3v) is 9.02. The molecule has 1 aliphatic carbocycles. The van der Waals surface area contributed by atoms with Gasteiger partial charge in [0, 0.05) is 70.0 Å². The summed E-state index contributed by atoms with van der Waals surface area (Å²) in [4.78, 5) is 18.8. The second-order valence-electron chi connectivity index (χ2n) is 9.66. The molecule has 5 rings (SSSR count). The molecule has 2 aliphatic rings. The van der Waals surface area contributed by atoms with Crippen LogP contribution in [0.3, 0.4) is 0 Å². The third kappa shape index (κ3) is 6.00. The highest BCUT2D eigenvalue weighted by Gasteiger charge is 2.48. The van der Waals surface area contributed by atoms with Crippen molar-refractivity contribution >= 4 is 69.6 Å². The van der Waals surface area contributed by atoms with E-state index < -0.39 is 5.54 Å². The molecule has 1 saturated heterocycles. The Morgan fingerprint density at radius 1 is 0.750 bits per heavy atom. The fraction of sp³-hybridized carbons (Fsp3) is 0.321. The molecule has 0 atom stereocenters. The maximum absolute atomic E-state index is 13.9. The van der Waals surface area contributed by atoms with Gasteiger partial charge in [-0.3, -0.25) is 14.6 Å². The molecule has 0 unspecified atom stereocenters. The van der Waals surface area contributed by atoms with Gasteiger partial charge < -0.3 is 5.32 Å². The van der Waals surface area contributed by atoms with E-state index in [4.69, 9.17) is 0 Å². The van der Waals surface area contributed by atoms with Crippen LogP contribution in [-0.4, -0.2) is 47.4 Å². The van der Waals surface area contributed by atoms with Gasteiger partial charge in [0.1, 0.15) is 5.54 Å². The Labute approximate surface area is 246 Å². The van der Waals surface area contributed by atoms with Crippen LogP contribution in [0.4, 0.5) is 0 Å². The molecular formula is C28H27Br4N3O. The van der Waals surface area contributed by atoms with Crippen LogP contribution in [0.5, 0.6) is 0 Å². The Bertz CT molecular complexity index is 1210. The molecule has 1 N–H and O–H groups in total. The van der Waals surface area contributed by atoms with Crippen molar-refractivity contribution in [2.24, 2.45) is 0 Å². The molecule has 1 amide bonds. The minimum atomic E-state index is -0.544. The van der Waals surface area contributed by atoms with Crippen molar-refractivity contribution in [1.29, 1.82) is 0 Å². The largest absolute Gasteiger partial charge is 0.350 e. The van der Waals surface area contributed by atoms with E-state index in [0.29, 0.717) is 6.54 Å². The molecule has 1 aliphatic heterocycles. The summed E-state index contributed by atoms with van der Waals surface area (Å²) in [6.07, 6.45) is 1.52. The monoisotopic (exact) mass is 737 g/mol. The Morgan fingerprint density at radius 3 is 1.78 bits per heavy atom. The molecule has 1 heterocycles. The predicted molar refractivity (Wildman–Crippen MR) is 159 cm³/mol. The summed E-state index contributed by atoms with van der Waals surface area (Å²) < 4.78 is 4.17. The molecule has 4 nitrogen and oxygen atoms in total. The van der Waals surface area contributed by atoms with Crippen LogP contribution in [0.1, 0.15) is 22.3 Å². The molecule has 188 valence electrons. The second kappa shape index (κ2) is 11.4. The smallest absolute Gasteiger partial charge is 0.241 e. The van der Waals surface area contributed by atoms with E-state index in [1.807, 2.05) is 6.07 Å². The number of amides is 1. The van der Waals surface area contributed by atoms with Crippen molar-refractivity contribution in [1.82, 2.24) is 15.1 Å². The molecular weight excluding hydrogens is 714 g/mol. The number of carbonyl (C=O) groups excluding carboxylic acids is 1. The van der Waals surface area contributed by atoms with Crippen LogP contribution in [0.2, 0.25) is 0 Å². The summed E-state index contributed by atoms with van der Waals surface area (Å²) in [5, 5.41) is 3.29. The predicted octanol–water partition coefficient (Wildman–Crippen LogP) is 6.71. The Hall–Kier alpha value is -1.03. The van der Waals surface area contributed by atoms with Gasteiger partial charge in [-0.1, -0.05) is 88.0 Å². The number of halogens is 4. The minimum absolute atomic E-state index is 0.124. The van der Waals surface area contributed by atoms with E-state index in [-0.39, 0.29) is 5.91 Å². The zero-order valence-corrected chi connectivity index (χ0v) is 26.1. The van der Waals surface area contributed by atoms with Gasteiger partial charge in [-0.15, -0.1) is 0 Å². The Kier molecular flexibility index (Phi) is 8.40. The highest BCUT2D eigenvalue weighted by molar-refractivity contribution is 9.11. The first-order valence-electron chi connectivity index (χ1n) is 12.0. The topological polar surface area (TPSA) is 35.6 Å². The van der Waals surface area contributed by atoms with Gasteiger partial charge in [-0.2, -0.15) is 0 Å². The quantitative estimate of drug-likeness (QED) is 0.306. The number of carbonyl (C=O) groups is 1. The lowest BCUT2D eigenvalue weighted by Crippen LogP contribution is -2.64. The van der Waals surface area contributed by atoms with Crippen molar-refractivity contribution < 1.29 is 4.79 Å². The first-order chi connectivity index (χ1) is 17.3. The van der Waals surface area contributed by atoms with E-state index >= 15 is 0 Å². The lowest BCUT2D eigenvalue weighted by molar-refractivity contribution is -0.135. The van der Waals surface area contributed by atoms with Gasteiger partial charge in [0.15, 0.2) is 0 Å². The van der Waals surface area contributed by atoms with Gasteiger partial charge >= 0.3 is 0 Å². The highest BCUT2D eigenvalue weighted by atomic mass is 79.9. The first kappa shape index (κ1) is 26.6. The number of nitrogens with one attached hydrogen (secondary N) is 1. The summed E-state index contributed by atoms with van der Waals surface area (Å²) in [5.74, 6) is 0.124. The fourth-order valence-corrected chi connectivity index (χ4v) is 8.25. The van der Waals surface area contributed by atoms with Crippen LogP contribution in [0.15, 0.2) is 78.6 Å². The van der Waals surface area contributed by atoms with Crippen LogP contribution in [0, 0.1) is 0 Å². The third-order valence-electron chi connectivity index (χ3n) is 7.19. The fourth-order valence-electron chi connectivity index (χ4n) is 5.48. The van der Waals surface area contributed by atoms with Gasteiger partial charge in [-0.05, 0) is 58.7 Å². The highest BCUT2D eigenvalue weighted by Crippen LogP contribution is 2.36. The standard InChI is InChI=1S/C28H27Br4N3O/c29-23-9-19(10-24(30)13-23)17-33-27(36)28(15-21-3-1-2-4-22(21)16-28)35-7-5-34(6-8-35)18-20-11-25(31)14-26(32)12-20/h1-4,9-14H,5-8,15-18H2,(H,33,36). The molecule has 8 heteroatoms. The SMILES string of the molecule is O=C(NCc1cc(Br)cc(Br)c1)C1(N2CCN(Cc3cc(Br)cc(Br)c3)CC2)Cc2ccccc2C1. The van der Waals surface area contributed by atoms with Gasteiger partial charge in [-0.25, -0.2) is 0 Å². The van der Waals surface area contributed by atoms with Gasteiger partial charge in [0.25, 0.3) is 0 Å². The van der Waals surface area contributed by atoms with E-state index in [1.54, 1.807) is 0 Å². The van der Waals surface area contributed by atoms with E-state index in [2.05, 4.69) is 133 Å². The van der Waals surface area contributed by atoms with Crippen molar-refractivity contribution in [3.63, 3.8) is 0 Å². The molecule has 0 aromatic heterocycles. The van der Waals surface area contributed by atoms with Crippen molar-refractivity contribution in [2.75, 3.05) is 26.2 Å². The van der Waals surface area contributed by atoms with Crippen LogP contribution in [0.25, 0.3) is 0 Å². The average Bonchev–Trinajstić information content (AvgIpc) is 3.23. The van der Waals surface area contributed by atoms with Crippen molar-refractivity contribution in [3.8, 4) is 0 Å². The number of rotatable bonds is 6. The molecule has 0 bridgehead atoms. The number of benzene rings is 3. The second-order valence-corrected chi connectivity index (χ2v) is 13.3. The summed E-state index contributed by atoms with van der Waals surface area (Å²) in [6, 6.07) is 21.1. The summed E-state index contributed by atoms with van der Waals surface area (Å²) in [5.41, 5.74) is 4.39. The van der Waals surface area contributed by atoms with E-state index in [0.717, 1.165) is 69.0 Å². The van der Waals surface area contributed by atoms with Crippen molar-refractivity contribution in [2.45, 2.75) is 31.5 Å². The van der Waals surface area contributed by atoms with Crippen LogP contribution < -0.4 is 5.32 Å². The molecule has 0 saturated carbocycles. The number of fused-ring (bicyclic) bond motifs is 1. The van der Waals surface area contributed by atoms with E-state index in [1.165, 1.54) is 16.7 Å². The van der Waals surface area contributed by atoms with Crippen molar-refractivity contribution in [3.05, 3.63) is 101 Å². The normalized spacial score (nSPS) is 17.7. The molecule has 3 aromatic rings.